The van der Waals surface area contributed by atoms with Gasteiger partial charge in [0, 0.05) is 28.8 Å². The van der Waals surface area contributed by atoms with Crippen LogP contribution in [0, 0.1) is 24.0 Å². The molecule has 1 heterocycles. The Hall–Kier alpha value is -3.41. The first-order valence-electron chi connectivity index (χ1n) is 9.46. The summed E-state index contributed by atoms with van der Waals surface area (Å²) in [5, 5.41) is 2.81. The normalized spacial score (nSPS) is 11.3. The first kappa shape index (κ1) is 21.3. The zero-order valence-electron chi connectivity index (χ0n) is 17.2. The van der Waals surface area contributed by atoms with Gasteiger partial charge < -0.3 is 5.32 Å². The SMILES string of the molecule is Cc1ccccc1-c1nccc(C(=O)c2ccc(F)cc2F)c1NC(=O)C(C)(C)C. The van der Waals surface area contributed by atoms with Crippen LogP contribution in [0.1, 0.15) is 42.3 Å². The Morgan fingerprint density at radius 3 is 2.30 bits per heavy atom. The maximum Gasteiger partial charge on any atom is 0.229 e. The van der Waals surface area contributed by atoms with Crippen molar-refractivity contribution in [2.75, 3.05) is 5.32 Å². The van der Waals surface area contributed by atoms with Crippen LogP contribution >= 0.6 is 0 Å². The third kappa shape index (κ3) is 4.27. The molecule has 0 aliphatic rings. The van der Waals surface area contributed by atoms with Crippen LogP contribution in [0.5, 0.6) is 0 Å². The number of hydrogen-bond acceptors (Lipinski definition) is 3. The number of pyridine rings is 1. The second-order valence-electron chi connectivity index (χ2n) is 8.05. The summed E-state index contributed by atoms with van der Waals surface area (Å²) in [6, 6.07) is 11.6. The van der Waals surface area contributed by atoms with Crippen molar-refractivity contribution in [2.24, 2.45) is 5.41 Å². The summed E-state index contributed by atoms with van der Waals surface area (Å²) in [6.07, 6.45) is 1.43. The molecule has 0 aliphatic heterocycles. The number of rotatable bonds is 4. The van der Waals surface area contributed by atoms with Crippen LogP contribution in [-0.4, -0.2) is 16.7 Å². The van der Waals surface area contributed by atoms with Gasteiger partial charge in [0.25, 0.3) is 0 Å². The van der Waals surface area contributed by atoms with E-state index in [9.17, 15) is 18.4 Å². The average molecular weight is 408 g/mol. The molecule has 30 heavy (non-hydrogen) atoms. The van der Waals surface area contributed by atoms with Crippen molar-refractivity contribution in [3.63, 3.8) is 0 Å². The van der Waals surface area contributed by atoms with Crippen molar-refractivity contribution in [3.8, 4) is 11.3 Å². The van der Waals surface area contributed by atoms with Gasteiger partial charge in [0.15, 0.2) is 5.78 Å². The second kappa shape index (κ2) is 8.14. The van der Waals surface area contributed by atoms with Crippen LogP contribution in [0.3, 0.4) is 0 Å². The zero-order valence-corrected chi connectivity index (χ0v) is 17.2. The van der Waals surface area contributed by atoms with Gasteiger partial charge in [-0.3, -0.25) is 14.6 Å². The van der Waals surface area contributed by atoms with Gasteiger partial charge in [-0.25, -0.2) is 8.78 Å². The van der Waals surface area contributed by atoms with E-state index in [4.69, 9.17) is 0 Å². The Morgan fingerprint density at radius 1 is 0.967 bits per heavy atom. The fourth-order valence-electron chi connectivity index (χ4n) is 2.94. The summed E-state index contributed by atoms with van der Waals surface area (Å²) >= 11 is 0. The highest BCUT2D eigenvalue weighted by atomic mass is 19.1. The fraction of sp³-hybridized carbons (Fsp3) is 0.208. The van der Waals surface area contributed by atoms with Crippen LogP contribution in [0.4, 0.5) is 14.5 Å². The van der Waals surface area contributed by atoms with Crippen molar-refractivity contribution in [2.45, 2.75) is 27.7 Å². The molecule has 0 saturated heterocycles. The van der Waals surface area contributed by atoms with Gasteiger partial charge in [0.2, 0.25) is 5.91 Å². The molecule has 1 N–H and O–H groups in total. The lowest BCUT2D eigenvalue weighted by Crippen LogP contribution is -2.29. The van der Waals surface area contributed by atoms with Gasteiger partial charge in [-0.05, 0) is 30.7 Å². The number of nitrogens with zero attached hydrogens (tertiary/aromatic N) is 1. The van der Waals surface area contributed by atoms with E-state index in [0.717, 1.165) is 23.3 Å². The van der Waals surface area contributed by atoms with Crippen molar-refractivity contribution in [1.82, 2.24) is 4.98 Å². The molecule has 0 bridgehead atoms. The quantitative estimate of drug-likeness (QED) is 0.576. The number of aryl methyl sites for hydroxylation is 1. The summed E-state index contributed by atoms with van der Waals surface area (Å²) in [4.78, 5) is 30.3. The molecule has 0 aliphatic carbocycles. The van der Waals surface area contributed by atoms with Gasteiger partial charge >= 0.3 is 0 Å². The molecular weight excluding hydrogens is 386 g/mol. The van der Waals surface area contributed by atoms with Crippen LogP contribution in [0.2, 0.25) is 0 Å². The predicted molar refractivity (Wildman–Crippen MR) is 112 cm³/mol. The highest BCUT2D eigenvalue weighted by Crippen LogP contribution is 2.34. The number of benzene rings is 2. The molecule has 0 radical (unpaired) electrons. The number of ketones is 1. The molecule has 0 unspecified atom stereocenters. The van der Waals surface area contributed by atoms with E-state index in [0.29, 0.717) is 11.8 Å². The molecule has 3 rings (SSSR count). The highest BCUT2D eigenvalue weighted by Gasteiger charge is 2.27. The first-order valence-corrected chi connectivity index (χ1v) is 9.46. The first-order chi connectivity index (χ1) is 14.1. The smallest absolute Gasteiger partial charge is 0.229 e. The second-order valence-corrected chi connectivity index (χ2v) is 8.05. The third-order valence-electron chi connectivity index (χ3n) is 4.69. The molecule has 0 spiro atoms. The van der Waals surface area contributed by atoms with Gasteiger partial charge in [-0.15, -0.1) is 0 Å². The Balaban J connectivity index is 2.22. The standard InChI is InChI=1S/C24H22F2N2O2/c1-14-7-5-6-8-16(14)20-21(28-23(30)24(2,3)4)18(11-12-27-20)22(29)17-10-9-15(25)13-19(17)26/h5-13H,1-4H3,(H,28,30). The van der Waals surface area contributed by atoms with Crippen molar-refractivity contribution < 1.29 is 18.4 Å². The Labute approximate surface area is 174 Å². The Morgan fingerprint density at radius 2 is 1.67 bits per heavy atom. The van der Waals surface area contributed by atoms with E-state index in [-0.39, 0.29) is 22.7 Å². The monoisotopic (exact) mass is 408 g/mol. The molecular formula is C24H22F2N2O2. The van der Waals surface area contributed by atoms with E-state index < -0.39 is 22.8 Å². The number of anilines is 1. The number of amides is 1. The van der Waals surface area contributed by atoms with Crippen LogP contribution in [0.25, 0.3) is 11.3 Å². The zero-order chi connectivity index (χ0) is 22.1. The molecule has 2 aromatic carbocycles. The average Bonchev–Trinajstić information content (AvgIpc) is 2.67. The summed E-state index contributed by atoms with van der Waals surface area (Å²) in [5.74, 6) is -2.74. The molecule has 4 nitrogen and oxygen atoms in total. The lowest BCUT2D eigenvalue weighted by Gasteiger charge is -2.21. The van der Waals surface area contributed by atoms with Gasteiger partial charge in [0.1, 0.15) is 11.6 Å². The number of nitrogens with one attached hydrogen (secondary N) is 1. The predicted octanol–water partition coefficient (Wildman–Crippen LogP) is 5.55. The summed E-state index contributed by atoms with van der Waals surface area (Å²) in [7, 11) is 0. The minimum absolute atomic E-state index is 0.0753. The Bertz CT molecular complexity index is 1130. The van der Waals surface area contributed by atoms with Crippen molar-refractivity contribution in [1.29, 1.82) is 0 Å². The van der Waals surface area contributed by atoms with E-state index in [1.54, 1.807) is 20.8 Å². The molecule has 0 atom stereocenters. The van der Waals surface area contributed by atoms with Crippen molar-refractivity contribution in [3.05, 3.63) is 83.1 Å². The number of aromatic nitrogens is 1. The van der Waals surface area contributed by atoms with Crippen LogP contribution < -0.4 is 5.32 Å². The lowest BCUT2D eigenvalue weighted by atomic mass is 9.93. The van der Waals surface area contributed by atoms with Gasteiger partial charge in [0.05, 0.1) is 16.9 Å². The molecule has 1 aromatic heterocycles. The number of hydrogen-bond donors (Lipinski definition) is 1. The Kier molecular flexibility index (Phi) is 5.78. The fourth-order valence-corrected chi connectivity index (χ4v) is 2.94. The van der Waals surface area contributed by atoms with E-state index >= 15 is 0 Å². The van der Waals surface area contributed by atoms with E-state index in [1.807, 2.05) is 31.2 Å². The van der Waals surface area contributed by atoms with Gasteiger partial charge in [-0.2, -0.15) is 0 Å². The van der Waals surface area contributed by atoms with Crippen molar-refractivity contribution >= 4 is 17.4 Å². The number of carbonyl (C=O) groups excluding carboxylic acids is 2. The van der Waals surface area contributed by atoms with E-state index in [2.05, 4.69) is 10.3 Å². The summed E-state index contributed by atoms with van der Waals surface area (Å²) < 4.78 is 27.6. The molecule has 3 aromatic rings. The highest BCUT2D eigenvalue weighted by molar-refractivity contribution is 6.16. The summed E-state index contributed by atoms with van der Waals surface area (Å²) in [6.45, 7) is 7.12. The maximum atomic E-state index is 14.3. The molecule has 0 saturated carbocycles. The topological polar surface area (TPSA) is 59.1 Å². The molecule has 154 valence electrons. The lowest BCUT2D eigenvalue weighted by molar-refractivity contribution is -0.123. The molecule has 0 fully saturated rings. The van der Waals surface area contributed by atoms with E-state index in [1.165, 1.54) is 12.3 Å². The number of carbonyl (C=O) groups is 2. The van der Waals surface area contributed by atoms with Crippen LogP contribution in [0.15, 0.2) is 54.7 Å². The minimum Gasteiger partial charge on any atom is -0.323 e. The summed E-state index contributed by atoms with van der Waals surface area (Å²) in [5.41, 5.74) is 1.28. The molecule has 1 amide bonds. The molecule has 6 heteroatoms. The third-order valence-corrected chi connectivity index (χ3v) is 4.69. The largest absolute Gasteiger partial charge is 0.323 e. The number of halogens is 2. The maximum absolute atomic E-state index is 14.3. The van der Waals surface area contributed by atoms with Crippen LogP contribution in [-0.2, 0) is 4.79 Å². The van der Waals surface area contributed by atoms with Gasteiger partial charge in [-0.1, -0.05) is 45.0 Å². The minimum atomic E-state index is -0.970.